The van der Waals surface area contributed by atoms with Crippen LogP contribution in [0.5, 0.6) is 5.75 Å². The summed E-state index contributed by atoms with van der Waals surface area (Å²) in [5.41, 5.74) is 0.949. The van der Waals surface area contributed by atoms with Crippen LogP contribution in [0.3, 0.4) is 0 Å². The van der Waals surface area contributed by atoms with Gasteiger partial charge in [-0.1, -0.05) is 19.4 Å². The van der Waals surface area contributed by atoms with Gasteiger partial charge in [0.05, 0.1) is 7.11 Å². The molecule has 15 heavy (non-hydrogen) atoms. The lowest BCUT2D eigenvalue weighted by molar-refractivity contribution is 0.386. The first kappa shape index (κ1) is 12.3. The van der Waals surface area contributed by atoms with Crippen molar-refractivity contribution in [2.75, 3.05) is 13.0 Å². The van der Waals surface area contributed by atoms with Crippen LogP contribution < -0.4 is 4.74 Å². The molecule has 84 valence electrons. The highest BCUT2D eigenvalue weighted by atomic mass is 35.5. The van der Waals surface area contributed by atoms with Gasteiger partial charge >= 0.3 is 0 Å². The van der Waals surface area contributed by atoms with Crippen molar-refractivity contribution in [1.29, 1.82) is 0 Å². The number of hydrogen-bond donors (Lipinski definition) is 0. The van der Waals surface area contributed by atoms with E-state index in [1.807, 2.05) is 6.07 Å². The highest BCUT2D eigenvalue weighted by molar-refractivity contribution is 6.18. The van der Waals surface area contributed by atoms with Gasteiger partial charge in [0.25, 0.3) is 0 Å². The molecule has 0 N–H and O–H groups in total. The minimum Gasteiger partial charge on any atom is -0.494 e. The van der Waals surface area contributed by atoms with E-state index >= 15 is 0 Å². The molecular formula is C12H16ClFO. The van der Waals surface area contributed by atoms with Crippen molar-refractivity contribution in [2.45, 2.75) is 25.7 Å². The molecule has 1 aromatic rings. The third-order valence-electron chi connectivity index (χ3n) is 2.47. The van der Waals surface area contributed by atoms with E-state index in [4.69, 9.17) is 16.3 Å². The van der Waals surface area contributed by atoms with Gasteiger partial charge in [-0.2, -0.15) is 0 Å². The second-order valence-corrected chi connectivity index (χ2v) is 3.84. The van der Waals surface area contributed by atoms with Gasteiger partial charge in [-0.05, 0) is 30.0 Å². The molecule has 1 unspecified atom stereocenters. The van der Waals surface area contributed by atoms with E-state index < -0.39 is 0 Å². The van der Waals surface area contributed by atoms with Crippen LogP contribution in [0.2, 0.25) is 0 Å². The number of ether oxygens (including phenoxy) is 1. The summed E-state index contributed by atoms with van der Waals surface area (Å²) in [5, 5.41) is 0. The monoisotopic (exact) mass is 230 g/mol. The summed E-state index contributed by atoms with van der Waals surface area (Å²) in [5.74, 6) is 0.724. The maximum Gasteiger partial charge on any atom is 0.165 e. The minimum absolute atomic E-state index is 0.233. The Morgan fingerprint density at radius 2 is 2.20 bits per heavy atom. The van der Waals surface area contributed by atoms with Crippen molar-refractivity contribution in [2.24, 2.45) is 0 Å². The summed E-state index contributed by atoms with van der Waals surface area (Å²) < 4.78 is 18.3. The Morgan fingerprint density at radius 1 is 1.47 bits per heavy atom. The van der Waals surface area contributed by atoms with Crippen molar-refractivity contribution >= 4 is 11.6 Å². The first-order valence-electron chi connectivity index (χ1n) is 5.12. The van der Waals surface area contributed by atoms with Crippen LogP contribution in [0, 0.1) is 5.82 Å². The maximum absolute atomic E-state index is 13.4. The van der Waals surface area contributed by atoms with Crippen molar-refractivity contribution in [3.05, 3.63) is 29.6 Å². The molecule has 0 aliphatic carbocycles. The molecule has 0 aromatic heterocycles. The summed E-state index contributed by atoms with van der Waals surface area (Å²) in [4.78, 5) is 0. The van der Waals surface area contributed by atoms with Crippen LogP contribution in [-0.2, 0) is 0 Å². The highest BCUT2D eigenvalue weighted by Crippen LogP contribution is 2.26. The number of methoxy groups -OCH3 is 1. The van der Waals surface area contributed by atoms with Gasteiger partial charge < -0.3 is 4.74 Å². The Labute approximate surface area is 95.2 Å². The average Bonchev–Trinajstić information content (AvgIpc) is 2.25. The van der Waals surface area contributed by atoms with Gasteiger partial charge in [-0.15, -0.1) is 11.6 Å². The average molecular weight is 231 g/mol. The van der Waals surface area contributed by atoms with Crippen molar-refractivity contribution in [3.63, 3.8) is 0 Å². The van der Waals surface area contributed by atoms with E-state index in [2.05, 4.69) is 6.92 Å². The van der Waals surface area contributed by atoms with Crippen LogP contribution >= 0.6 is 11.6 Å². The third-order valence-corrected chi connectivity index (χ3v) is 2.84. The number of halogens is 2. The fourth-order valence-electron chi connectivity index (χ4n) is 1.62. The Morgan fingerprint density at radius 3 is 2.67 bits per heavy atom. The fraction of sp³-hybridized carbons (Fsp3) is 0.500. The summed E-state index contributed by atoms with van der Waals surface area (Å²) in [7, 11) is 1.46. The van der Waals surface area contributed by atoms with Crippen LogP contribution in [-0.4, -0.2) is 13.0 Å². The summed E-state index contributed by atoms with van der Waals surface area (Å²) >= 11 is 5.85. The molecule has 0 saturated carbocycles. The Kier molecular flexibility index (Phi) is 4.89. The second-order valence-electron chi connectivity index (χ2n) is 3.53. The van der Waals surface area contributed by atoms with Gasteiger partial charge in [-0.3, -0.25) is 0 Å². The van der Waals surface area contributed by atoms with E-state index in [1.165, 1.54) is 13.2 Å². The lowest BCUT2D eigenvalue weighted by Gasteiger charge is -2.14. The van der Waals surface area contributed by atoms with E-state index in [0.29, 0.717) is 5.88 Å². The predicted molar refractivity (Wildman–Crippen MR) is 61.3 cm³/mol. The lowest BCUT2D eigenvalue weighted by atomic mass is 9.96. The molecule has 0 fully saturated rings. The van der Waals surface area contributed by atoms with Gasteiger partial charge in [0.1, 0.15) is 0 Å². The van der Waals surface area contributed by atoms with E-state index in [1.54, 1.807) is 6.07 Å². The van der Waals surface area contributed by atoms with Crippen LogP contribution in [0.1, 0.15) is 31.2 Å². The molecule has 1 nitrogen and oxygen atoms in total. The molecule has 0 spiro atoms. The molecular weight excluding hydrogens is 215 g/mol. The molecule has 0 radical (unpaired) electrons. The molecule has 0 aliphatic rings. The SMILES string of the molecule is CCCC(CCl)c1ccc(OC)c(F)c1. The molecule has 3 heteroatoms. The standard InChI is InChI=1S/C12H16ClFO/c1-3-4-10(8-13)9-5-6-12(15-2)11(14)7-9/h5-7,10H,3-4,8H2,1-2H3. The lowest BCUT2D eigenvalue weighted by Crippen LogP contribution is -2.01. The topological polar surface area (TPSA) is 9.23 Å². The Hall–Kier alpha value is -0.760. The minimum atomic E-state index is -0.318. The fourth-order valence-corrected chi connectivity index (χ4v) is 1.95. The number of benzene rings is 1. The van der Waals surface area contributed by atoms with Crippen molar-refractivity contribution in [3.8, 4) is 5.75 Å². The molecule has 1 atom stereocenters. The molecule has 0 bridgehead atoms. The zero-order chi connectivity index (χ0) is 11.3. The first-order valence-corrected chi connectivity index (χ1v) is 5.65. The first-order chi connectivity index (χ1) is 7.22. The number of rotatable bonds is 5. The Bertz CT molecular complexity index is 314. The molecule has 0 aliphatic heterocycles. The smallest absolute Gasteiger partial charge is 0.165 e. The normalized spacial score (nSPS) is 12.5. The van der Waals surface area contributed by atoms with Crippen molar-refractivity contribution in [1.82, 2.24) is 0 Å². The van der Waals surface area contributed by atoms with E-state index in [9.17, 15) is 4.39 Å². The maximum atomic E-state index is 13.4. The summed E-state index contributed by atoms with van der Waals surface area (Å²) in [6.07, 6.45) is 2.03. The second kappa shape index (κ2) is 5.96. The van der Waals surface area contributed by atoms with Crippen LogP contribution in [0.25, 0.3) is 0 Å². The van der Waals surface area contributed by atoms with E-state index in [0.717, 1.165) is 18.4 Å². The quantitative estimate of drug-likeness (QED) is 0.696. The Balaban J connectivity index is 2.89. The van der Waals surface area contributed by atoms with Crippen molar-refractivity contribution < 1.29 is 9.13 Å². The molecule has 0 heterocycles. The van der Waals surface area contributed by atoms with Gasteiger partial charge in [0, 0.05) is 5.88 Å². The molecule has 1 rings (SSSR count). The molecule has 0 amide bonds. The molecule has 0 saturated heterocycles. The summed E-state index contributed by atoms with van der Waals surface area (Å²) in [6.45, 7) is 2.10. The zero-order valence-corrected chi connectivity index (χ0v) is 9.85. The third kappa shape index (κ3) is 3.10. The van der Waals surface area contributed by atoms with Gasteiger partial charge in [-0.25, -0.2) is 4.39 Å². The molecule has 1 aromatic carbocycles. The summed E-state index contributed by atoms with van der Waals surface area (Å²) in [6, 6.07) is 5.05. The zero-order valence-electron chi connectivity index (χ0n) is 9.09. The largest absolute Gasteiger partial charge is 0.494 e. The van der Waals surface area contributed by atoms with Crippen LogP contribution in [0.4, 0.5) is 4.39 Å². The predicted octanol–water partition coefficient (Wildman–Crippen LogP) is 3.96. The van der Waals surface area contributed by atoms with Crippen LogP contribution in [0.15, 0.2) is 18.2 Å². The number of hydrogen-bond acceptors (Lipinski definition) is 1. The van der Waals surface area contributed by atoms with Gasteiger partial charge in [0.2, 0.25) is 0 Å². The highest BCUT2D eigenvalue weighted by Gasteiger charge is 2.12. The van der Waals surface area contributed by atoms with Gasteiger partial charge in [0.15, 0.2) is 11.6 Å². The number of alkyl halides is 1. The van der Waals surface area contributed by atoms with E-state index in [-0.39, 0.29) is 17.5 Å².